The van der Waals surface area contributed by atoms with Crippen LogP contribution >= 0.6 is 0 Å². The average Bonchev–Trinajstić information content (AvgIpc) is 2.30. The Bertz CT molecular complexity index is 557. The van der Waals surface area contributed by atoms with Crippen molar-refractivity contribution < 1.29 is 13.2 Å². The van der Waals surface area contributed by atoms with E-state index in [2.05, 4.69) is 10.6 Å². The van der Waals surface area contributed by atoms with Crippen LogP contribution in [0.2, 0.25) is 0 Å². The van der Waals surface area contributed by atoms with E-state index < -0.39 is 10.0 Å². The number of benzene rings is 1. The van der Waals surface area contributed by atoms with E-state index in [1.807, 2.05) is 6.92 Å². The van der Waals surface area contributed by atoms with Crippen LogP contribution in [0.3, 0.4) is 0 Å². The van der Waals surface area contributed by atoms with Crippen LogP contribution in [-0.4, -0.2) is 27.4 Å². The van der Waals surface area contributed by atoms with Gasteiger partial charge in [-0.15, -0.1) is 0 Å². The van der Waals surface area contributed by atoms with E-state index >= 15 is 0 Å². The molecule has 0 bridgehead atoms. The second-order valence-electron chi connectivity index (χ2n) is 3.93. The summed E-state index contributed by atoms with van der Waals surface area (Å²) >= 11 is 0. The van der Waals surface area contributed by atoms with Gasteiger partial charge in [-0.25, -0.2) is 13.6 Å². The second-order valence-corrected chi connectivity index (χ2v) is 5.46. The molecule has 7 nitrogen and oxygen atoms in total. The Balaban J connectivity index is 2.76. The van der Waals surface area contributed by atoms with Crippen molar-refractivity contribution in [2.75, 3.05) is 24.1 Å². The largest absolute Gasteiger partial charge is 0.399 e. The summed E-state index contributed by atoms with van der Waals surface area (Å²) < 4.78 is 22.8. The van der Waals surface area contributed by atoms with Gasteiger partial charge in [0.25, 0.3) is 0 Å². The van der Waals surface area contributed by atoms with Crippen molar-refractivity contribution in [2.45, 2.75) is 18.2 Å². The zero-order valence-corrected chi connectivity index (χ0v) is 11.5. The number of hydrogen-bond donors (Lipinski definition) is 4. The van der Waals surface area contributed by atoms with Gasteiger partial charge in [0.1, 0.15) is 4.90 Å². The van der Waals surface area contributed by atoms with Crippen molar-refractivity contribution in [1.29, 1.82) is 0 Å². The molecule has 0 saturated heterocycles. The quantitative estimate of drug-likeness (QED) is 0.541. The van der Waals surface area contributed by atoms with Gasteiger partial charge in [-0.3, -0.25) is 4.79 Å². The molecule has 0 aliphatic rings. The fourth-order valence-corrected chi connectivity index (χ4v) is 2.26. The Labute approximate surface area is 112 Å². The lowest BCUT2D eigenvalue weighted by Crippen LogP contribution is -2.25. The number of carbonyl (C=O) groups excluding carboxylic acids is 1. The number of primary sulfonamides is 1. The van der Waals surface area contributed by atoms with Gasteiger partial charge in [-0.2, -0.15) is 0 Å². The van der Waals surface area contributed by atoms with Gasteiger partial charge >= 0.3 is 0 Å². The third-order valence-electron chi connectivity index (χ3n) is 2.35. The number of nitrogen functional groups attached to an aromatic ring is 1. The van der Waals surface area contributed by atoms with E-state index in [1.165, 1.54) is 12.1 Å². The van der Waals surface area contributed by atoms with Crippen LogP contribution in [-0.2, 0) is 14.8 Å². The summed E-state index contributed by atoms with van der Waals surface area (Å²) in [5.41, 5.74) is 6.17. The molecule has 0 unspecified atom stereocenters. The SMILES string of the molecule is CCNC(=O)CCNc1ccc(N)cc1S(N)(=O)=O. The molecule has 0 aromatic heterocycles. The van der Waals surface area contributed by atoms with Gasteiger partial charge < -0.3 is 16.4 Å². The fourth-order valence-electron chi connectivity index (χ4n) is 1.52. The standard InChI is InChI=1S/C11H18N4O3S/c1-2-14-11(16)5-6-15-9-4-3-8(12)7-10(9)19(13,17)18/h3-4,7,15H,2,5-6,12H2,1H3,(H,14,16)(H2,13,17,18). The van der Waals surface area contributed by atoms with Gasteiger partial charge in [-0.1, -0.05) is 0 Å². The first kappa shape index (κ1) is 15.3. The smallest absolute Gasteiger partial charge is 0.240 e. The lowest BCUT2D eigenvalue weighted by molar-refractivity contribution is -0.120. The lowest BCUT2D eigenvalue weighted by Gasteiger charge is -2.11. The van der Waals surface area contributed by atoms with Crippen LogP contribution in [0.1, 0.15) is 13.3 Å². The number of carbonyl (C=O) groups is 1. The molecule has 0 heterocycles. The molecule has 19 heavy (non-hydrogen) atoms. The molecule has 0 saturated carbocycles. The van der Waals surface area contributed by atoms with E-state index in [9.17, 15) is 13.2 Å². The Morgan fingerprint density at radius 2 is 2.05 bits per heavy atom. The van der Waals surface area contributed by atoms with Crippen LogP contribution in [0.25, 0.3) is 0 Å². The number of amides is 1. The molecule has 0 radical (unpaired) electrons. The van der Waals surface area contributed by atoms with Gasteiger partial charge in [0.05, 0.1) is 5.69 Å². The highest BCUT2D eigenvalue weighted by Crippen LogP contribution is 2.22. The van der Waals surface area contributed by atoms with E-state index in [0.29, 0.717) is 24.5 Å². The third-order valence-corrected chi connectivity index (χ3v) is 3.30. The third kappa shape index (κ3) is 4.76. The van der Waals surface area contributed by atoms with Crippen molar-refractivity contribution in [3.05, 3.63) is 18.2 Å². The molecular formula is C11H18N4O3S. The van der Waals surface area contributed by atoms with Crippen LogP contribution in [0.4, 0.5) is 11.4 Å². The molecular weight excluding hydrogens is 268 g/mol. The molecule has 0 atom stereocenters. The Hall–Kier alpha value is -1.80. The molecule has 106 valence electrons. The van der Waals surface area contributed by atoms with Crippen molar-refractivity contribution in [3.8, 4) is 0 Å². The van der Waals surface area contributed by atoms with Crippen LogP contribution in [0, 0.1) is 0 Å². The topological polar surface area (TPSA) is 127 Å². The molecule has 8 heteroatoms. The van der Waals surface area contributed by atoms with E-state index in [1.54, 1.807) is 6.07 Å². The predicted octanol–water partition coefficient (Wildman–Crippen LogP) is -0.146. The summed E-state index contributed by atoms with van der Waals surface area (Å²) in [5, 5.41) is 10.6. The summed E-state index contributed by atoms with van der Waals surface area (Å²) in [6.07, 6.45) is 0.238. The second kappa shape index (κ2) is 6.39. The summed E-state index contributed by atoms with van der Waals surface area (Å²) in [6, 6.07) is 4.36. The summed E-state index contributed by atoms with van der Waals surface area (Å²) in [5.74, 6) is -0.109. The minimum atomic E-state index is -3.86. The van der Waals surface area contributed by atoms with Crippen LogP contribution < -0.4 is 21.5 Å². The Kier molecular flexibility index (Phi) is 5.13. The minimum Gasteiger partial charge on any atom is -0.399 e. The molecule has 1 rings (SSSR count). The first-order valence-electron chi connectivity index (χ1n) is 5.77. The summed E-state index contributed by atoms with van der Waals surface area (Å²) in [7, 11) is -3.86. The predicted molar refractivity (Wildman–Crippen MR) is 74.0 cm³/mol. The summed E-state index contributed by atoms with van der Waals surface area (Å²) in [6.45, 7) is 2.69. The van der Waals surface area contributed by atoms with E-state index in [-0.39, 0.29) is 17.2 Å². The lowest BCUT2D eigenvalue weighted by atomic mass is 10.2. The maximum Gasteiger partial charge on any atom is 0.240 e. The molecule has 0 aliphatic heterocycles. The molecule has 1 aromatic carbocycles. The normalized spacial score (nSPS) is 11.1. The maximum atomic E-state index is 11.4. The number of sulfonamides is 1. The monoisotopic (exact) mass is 286 g/mol. The highest BCUT2D eigenvalue weighted by Gasteiger charge is 2.14. The Morgan fingerprint density at radius 3 is 2.63 bits per heavy atom. The van der Waals surface area contributed by atoms with Crippen molar-refractivity contribution >= 4 is 27.3 Å². The van der Waals surface area contributed by atoms with E-state index in [0.717, 1.165) is 0 Å². The number of nitrogens with two attached hydrogens (primary N) is 2. The van der Waals surface area contributed by atoms with Gasteiger partial charge in [0.15, 0.2) is 0 Å². The molecule has 0 spiro atoms. The number of nitrogens with one attached hydrogen (secondary N) is 2. The molecule has 6 N–H and O–H groups in total. The van der Waals surface area contributed by atoms with E-state index in [4.69, 9.17) is 10.9 Å². The first-order chi connectivity index (χ1) is 8.84. The molecule has 0 aliphatic carbocycles. The first-order valence-corrected chi connectivity index (χ1v) is 7.32. The average molecular weight is 286 g/mol. The molecule has 1 aromatic rings. The highest BCUT2D eigenvalue weighted by atomic mass is 32.2. The number of rotatable bonds is 6. The van der Waals surface area contributed by atoms with Crippen LogP contribution in [0.15, 0.2) is 23.1 Å². The van der Waals surface area contributed by atoms with Gasteiger partial charge in [-0.05, 0) is 25.1 Å². The minimum absolute atomic E-state index is 0.0802. The highest BCUT2D eigenvalue weighted by molar-refractivity contribution is 7.89. The number of hydrogen-bond acceptors (Lipinski definition) is 5. The fraction of sp³-hybridized carbons (Fsp3) is 0.364. The number of anilines is 2. The van der Waals surface area contributed by atoms with Crippen molar-refractivity contribution in [3.63, 3.8) is 0 Å². The molecule has 1 amide bonds. The molecule has 0 fully saturated rings. The van der Waals surface area contributed by atoms with Gasteiger partial charge in [0, 0.05) is 25.2 Å². The summed E-state index contributed by atoms with van der Waals surface area (Å²) in [4.78, 5) is 11.2. The zero-order chi connectivity index (χ0) is 14.5. The van der Waals surface area contributed by atoms with Crippen molar-refractivity contribution in [2.24, 2.45) is 5.14 Å². The van der Waals surface area contributed by atoms with Crippen molar-refractivity contribution in [1.82, 2.24) is 5.32 Å². The maximum absolute atomic E-state index is 11.4. The Morgan fingerprint density at radius 1 is 1.37 bits per heavy atom. The van der Waals surface area contributed by atoms with Gasteiger partial charge in [0.2, 0.25) is 15.9 Å². The van der Waals surface area contributed by atoms with Crippen LogP contribution in [0.5, 0.6) is 0 Å². The zero-order valence-electron chi connectivity index (χ0n) is 10.6.